The van der Waals surface area contributed by atoms with Gasteiger partial charge in [0, 0.05) is 46.8 Å². The molecule has 1 aromatic carbocycles. The van der Waals surface area contributed by atoms with E-state index in [0.717, 1.165) is 41.2 Å². The molecule has 7 nitrogen and oxygen atoms in total. The number of carbonyl (C=O) groups excluding carboxylic acids is 1. The maximum absolute atomic E-state index is 12.1. The highest BCUT2D eigenvalue weighted by atomic mass is 79.9. The third-order valence-corrected chi connectivity index (χ3v) is 5.71. The van der Waals surface area contributed by atoms with Crippen LogP contribution in [0.15, 0.2) is 29.0 Å². The fraction of sp³-hybridized carbons (Fsp3) is 0.524. The Hall–Kier alpha value is -2.06. The fourth-order valence-electron chi connectivity index (χ4n) is 3.72. The summed E-state index contributed by atoms with van der Waals surface area (Å²) in [5.74, 6) is 0.146. The number of nitro benzene ring substituents is 1. The largest absolute Gasteiger partial charge is 0.460 e. The summed E-state index contributed by atoms with van der Waals surface area (Å²) in [5, 5.41) is 13.2. The van der Waals surface area contributed by atoms with E-state index in [-0.39, 0.29) is 16.6 Å². The molecule has 0 N–H and O–H groups in total. The molecule has 29 heavy (non-hydrogen) atoms. The number of piperidine rings is 1. The van der Waals surface area contributed by atoms with Gasteiger partial charge in [-0.25, -0.2) is 0 Å². The summed E-state index contributed by atoms with van der Waals surface area (Å²) in [6.07, 6.45) is 5.53. The van der Waals surface area contributed by atoms with E-state index in [1.165, 1.54) is 0 Å². The van der Waals surface area contributed by atoms with E-state index in [0.29, 0.717) is 24.4 Å². The molecule has 2 heterocycles. The molecule has 1 saturated heterocycles. The first kappa shape index (κ1) is 21.6. The van der Waals surface area contributed by atoms with Gasteiger partial charge in [0.15, 0.2) is 0 Å². The van der Waals surface area contributed by atoms with Crippen LogP contribution in [0.4, 0.5) is 5.69 Å². The number of hydrogen-bond acceptors (Lipinski definition) is 6. The fourth-order valence-corrected chi connectivity index (χ4v) is 4.18. The molecule has 2 aromatic rings. The normalized spacial score (nSPS) is 16.1. The standard InChI is InChI=1S/C21H26BrN3O4/c1-21(2,3)29-20(26)8-14-4-6-24(7-5-14)13-16-9-17-15(10-19(16)25(27)28)11-23-12-18(17)22/h9-12,14H,4-8,13H2,1-3H3. The number of nitro groups is 1. The van der Waals surface area contributed by atoms with Crippen LogP contribution in [-0.2, 0) is 16.1 Å². The molecule has 1 aromatic heterocycles. The van der Waals surface area contributed by atoms with Crippen molar-refractivity contribution in [2.45, 2.75) is 52.2 Å². The van der Waals surface area contributed by atoms with E-state index in [2.05, 4.69) is 25.8 Å². The molecule has 3 rings (SSSR count). The number of halogens is 1. The minimum absolute atomic E-state index is 0.119. The lowest BCUT2D eigenvalue weighted by Crippen LogP contribution is -2.35. The molecule has 1 aliphatic rings. The number of pyridine rings is 1. The topological polar surface area (TPSA) is 85.6 Å². The van der Waals surface area contributed by atoms with Crippen molar-refractivity contribution in [1.29, 1.82) is 0 Å². The van der Waals surface area contributed by atoms with Gasteiger partial charge in [-0.2, -0.15) is 0 Å². The zero-order chi connectivity index (χ0) is 21.2. The minimum Gasteiger partial charge on any atom is -0.460 e. The maximum Gasteiger partial charge on any atom is 0.306 e. The smallest absolute Gasteiger partial charge is 0.306 e. The average Bonchev–Trinajstić information content (AvgIpc) is 2.62. The van der Waals surface area contributed by atoms with Gasteiger partial charge < -0.3 is 4.74 Å². The molecule has 0 aliphatic carbocycles. The Morgan fingerprint density at radius 1 is 1.31 bits per heavy atom. The molecular weight excluding hydrogens is 438 g/mol. The number of esters is 1. The maximum atomic E-state index is 12.1. The first-order valence-corrected chi connectivity index (χ1v) is 10.6. The molecule has 0 atom stereocenters. The van der Waals surface area contributed by atoms with E-state index in [1.807, 2.05) is 26.8 Å². The van der Waals surface area contributed by atoms with E-state index in [9.17, 15) is 14.9 Å². The van der Waals surface area contributed by atoms with Gasteiger partial charge in [-0.3, -0.25) is 24.8 Å². The van der Waals surface area contributed by atoms with Crippen LogP contribution in [-0.4, -0.2) is 39.5 Å². The van der Waals surface area contributed by atoms with Crippen LogP contribution in [0.25, 0.3) is 10.8 Å². The number of aromatic nitrogens is 1. The third-order valence-electron chi connectivity index (χ3n) is 5.08. The van der Waals surface area contributed by atoms with Crippen molar-refractivity contribution in [3.05, 3.63) is 44.7 Å². The third kappa shape index (κ3) is 5.73. The van der Waals surface area contributed by atoms with Gasteiger partial charge in [0.2, 0.25) is 0 Å². The zero-order valence-electron chi connectivity index (χ0n) is 17.0. The SMILES string of the molecule is CC(C)(C)OC(=O)CC1CCN(Cc2cc3c(Br)cncc3cc2[N+](=O)[O-])CC1. The summed E-state index contributed by atoms with van der Waals surface area (Å²) in [6, 6.07) is 3.48. The highest BCUT2D eigenvalue weighted by Crippen LogP contribution is 2.32. The van der Waals surface area contributed by atoms with E-state index in [4.69, 9.17) is 4.74 Å². The van der Waals surface area contributed by atoms with Crippen LogP contribution in [0.5, 0.6) is 0 Å². The lowest BCUT2D eigenvalue weighted by molar-refractivity contribution is -0.385. The van der Waals surface area contributed by atoms with E-state index < -0.39 is 5.60 Å². The van der Waals surface area contributed by atoms with Crippen LogP contribution in [0.3, 0.4) is 0 Å². The second-order valence-corrected chi connectivity index (χ2v) is 9.44. The predicted molar refractivity (Wildman–Crippen MR) is 115 cm³/mol. The van der Waals surface area contributed by atoms with E-state index >= 15 is 0 Å². The van der Waals surface area contributed by atoms with E-state index in [1.54, 1.807) is 18.5 Å². The monoisotopic (exact) mass is 463 g/mol. The van der Waals surface area contributed by atoms with Crippen molar-refractivity contribution in [3.63, 3.8) is 0 Å². The van der Waals surface area contributed by atoms with Crippen LogP contribution in [0.2, 0.25) is 0 Å². The van der Waals surface area contributed by atoms with Crippen LogP contribution in [0, 0.1) is 16.0 Å². The van der Waals surface area contributed by atoms with Crippen molar-refractivity contribution < 1.29 is 14.5 Å². The van der Waals surface area contributed by atoms with Gasteiger partial charge in [0.25, 0.3) is 5.69 Å². The molecular formula is C21H26BrN3O4. The van der Waals surface area contributed by atoms with Gasteiger partial charge >= 0.3 is 5.97 Å². The lowest BCUT2D eigenvalue weighted by atomic mass is 9.93. The lowest BCUT2D eigenvalue weighted by Gasteiger charge is -2.32. The molecule has 8 heteroatoms. The molecule has 0 amide bonds. The number of benzene rings is 1. The van der Waals surface area contributed by atoms with Gasteiger partial charge in [0.1, 0.15) is 5.60 Å². The predicted octanol–water partition coefficient (Wildman–Crippen LogP) is 4.85. The van der Waals surface area contributed by atoms with Crippen molar-refractivity contribution >= 4 is 38.4 Å². The highest BCUT2D eigenvalue weighted by Gasteiger charge is 2.26. The Balaban J connectivity index is 1.66. The summed E-state index contributed by atoms with van der Waals surface area (Å²) >= 11 is 3.48. The molecule has 0 bridgehead atoms. The second-order valence-electron chi connectivity index (χ2n) is 8.59. The Labute approximate surface area is 178 Å². The molecule has 156 valence electrons. The zero-order valence-corrected chi connectivity index (χ0v) is 18.6. The number of nitrogens with zero attached hydrogens (tertiary/aromatic N) is 3. The van der Waals surface area contributed by atoms with Crippen LogP contribution >= 0.6 is 15.9 Å². The summed E-state index contributed by atoms with van der Waals surface area (Å²) in [5.41, 5.74) is 0.352. The number of ether oxygens (including phenoxy) is 1. The molecule has 1 aliphatic heterocycles. The Bertz CT molecular complexity index is 918. The van der Waals surface area contributed by atoms with Crippen molar-refractivity contribution in [2.75, 3.05) is 13.1 Å². The number of hydrogen-bond donors (Lipinski definition) is 0. The highest BCUT2D eigenvalue weighted by molar-refractivity contribution is 9.10. The minimum atomic E-state index is -0.462. The first-order chi connectivity index (χ1) is 13.6. The number of carbonyl (C=O) groups is 1. The second kappa shape index (κ2) is 8.75. The molecule has 0 saturated carbocycles. The van der Waals surface area contributed by atoms with Crippen LogP contribution < -0.4 is 0 Å². The number of likely N-dealkylation sites (tertiary alicyclic amines) is 1. The summed E-state index contributed by atoms with van der Waals surface area (Å²) in [7, 11) is 0. The number of rotatable bonds is 5. The molecule has 0 radical (unpaired) electrons. The van der Waals surface area contributed by atoms with Crippen LogP contribution in [0.1, 0.15) is 45.6 Å². The average molecular weight is 464 g/mol. The molecule has 0 unspecified atom stereocenters. The Morgan fingerprint density at radius 2 is 2.00 bits per heavy atom. The summed E-state index contributed by atoms with van der Waals surface area (Å²) in [6.45, 7) is 7.75. The first-order valence-electron chi connectivity index (χ1n) is 9.77. The Kier molecular flexibility index (Phi) is 6.53. The van der Waals surface area contributed by atoms with Gasteiger partial charge in [-0.15, -0.1) is 0 Å². The van der Waals surface area contributed by atoms with Gasteiger partial charge in [-0.1, -0.05) is 0 Å². The van der Waals surface area contributed by atoms with Crippen molar-refractivity contribution in [1.82, 2.24) is 9.88 Å². The molecule has 0 spiro atoms. The number of fused-ring (bicyclic) bond motifs is 1. The quantitative estimate of drug-likeness (QED) is 0.357. The van der Waals surface area contributed by atoms with Crippen molar-refractivity contribution in [2.24, 2.45) is 5.92 Å². The summed E-state index contributed by atoms with van der Waals surface area (Å²) in [4.78, 5) is 29.6. The van der Waals surface area contributed by atoms with Crippen molar-refractivity contribution in [3.8, 4) is 0 Å². The van der Waals surface area contributed by atoms with Gasteiger partial charge in [0.05, 0.1) is 4.92 Å². The molecule has 1 fully saturated rings. The van der Waals surface area contributed by atoms with Gasteiger partial charge in [-0.05, 0) is 80.0 Å². The Morgan fingerprint density at radius 3 is 2.62 bits per heavy atom. The summed E-state index contributed by atoms with van der Waals surface area (Å²) < 4.78 is 6.24.